The van der Waals surface area contributed by atoms with Crippen LogP contribution in [0.25, 0.3) is 0 Å². The molecule has 1 heterocycles. The lowest BCUT2D eigenvalue weighted by atomic mass is 10.2. The third kappa shape index (κ3) is 5.25. The number of nitrogens with one attached hydrogen (secondary N) is 2. The second kappa shape index (κ2) is 8.89. The van der Waals surface area contributed by atoms with E-state index in [1.807, 2.05) is 30.5 Å². The second-order valence-electron chi connectivity index (χ2n) is 5.16. The van der Waals surface area contributed by atoms with Crippen LogP contribution in [0.1, 0.15) is 36.2 Å². The number of nitrogens with zero attached hydrogens (tertiary/aromatic N) is 2. The van der Waals surface area contributed by atoms with Crippen LogP contribution in [0.2, 0.25) is 0 Å². The zero-order chi connectivity index (χ0) is 17.4. The van der Waals surface area contributed by atoms with Crippen LogP contribution in [0.5, 0.6) is 5.75 Å². The first-order chi connectivity index (χ1) is 11.6. The SMILES string of the molecule is CCc1nc(C(C)NC(=O)NCc2ccc(OCC#N)cc2)cs1. The molecule has 1 atom stereocenters. The number of thiazole rings is 1. The van der Waals surface area contributed by atoms with Crippen LogP contribution in [0.3, 0.4) is 0 Å². The van der Waals surface area contributed by atoms with Crippen LogP contribution in [0.4, 0.5) is 4.79 Å². The summed E-state index contributed by atoms with van der Waals surface area (Å²) in [6.45, 7) is 4.40. The third-order valence-corrected chi connectivity index (χ3v) is 4.35. The molecule has 0 aliphatic carbocycles. The van der Waals surface area contributed by atoms with Gasteiger partial charge in [0.1, 0.15) is 11.8 Å². The smallest absolute Gasteiger partial charge is 0.315 e. The van der Waals surface area contributed by atoms with E-state index in [4.69, 9.17) is 10.00 Å². The Hall–Kier alpha value is -2.59. The molecular formula is C17H20N4O2S. The van der Waals surface area contributed by atoms with Crippen molar-refractivity contribution in [3.63, 3.8) is 0 Å². The van der Waals surface area contributed by atoms with Crippen molar-refractivity contribution in [3.05, 3.63) is 45.9 Å². The van der Waals surface area contributed by atoms with Gasteiger partial charge < -0.3 is 15.4 Å². The molecule has 1 aromatic carbocycles. The van der Waals surface area contributed by atoms with Gasteiger partial charge in [0.15, 0.2) is 6.61 Å². The van der Waals surface area contributed by atoms with Gasteiger partial charge in [-0.05, 0) is 31.0 Å². The summed E-state index contributed by atoms with van der Waals surface area (Å²) in [5.74, 6) is 0.633. The van der Waals surface area contributed by atoms with Crippen molar-refractivity contribution in [1.82, 2.24) is 15.6 Å². The lowest BCUT2D eigenvalue weighted by Crippen LogP contribution is -2.36. The fourth-order valence-electron chi connectivity index (χ4n) is 2.01. The Kier molecular flexibility index (Phi) is 6.58. The number of rotatable bonds is 7. The molecule has 0 bridgehead atoms. The number of hydrogen-bond donors (Lipinski definition) is 2. The van der Waals surface area contributed by atoms with Crippen LogP contribution in [0.15, 0.2) is 29.6 Å². The molecule has 24 heavy (non-hydrogen) atoms. The number of carbonyl (C=O) groups excluding carboxylic acids is 1. The Morgan fingerprint density at radius 1 is 1.42 bits per heavy atom. The molecule has 7 heteroatoms. The van der Waals surface area contributed by atoms with Crippen molar-refractivity contribution in [1.29, 1.82) is 5.26 Å². The molecule has 0 spiro atoms. The number of amides is 2. The van der Waals surface area contributed by atoms with Crippen molar-refractivity contribution in [2.24, 2.45) is 0 Å². The normalized spacial score (nSPS) is 11.4. The van der Waals surface area contributed by atoms with Crippen molar-refractivity contribution in [2.45, 2.75) is 32.9 Å². The number of benzene rings is 1. The largest absolute Gasteiger partial charge is 0.479 e. The quantitative estimate of drug-likeness (QED) is 0.807. The summed E-state index contributed by atoms with van der Waals surface area (Å²) in [6.07, 6.45) is 0.900. The summed E-state index contributed by atoms with van der Waals surface area (Å²) in [5, 5.41) is 17.2. The summed E-state index contributed by atoms with van der Waals surface area (Å²) in [5.41, 5.74) is 1.83. The summed E-state index contributed by atoms with van der Waals surface area (Å²) in [4.78, 5) is 16.5. The van der Waals surface area contributed by atoms with Crippen molar-refractivity contribution >= 4 is 17.4 Å². The zero-order valence-electron chi connectivity index (χ0n) is 13.7. The third-order valence-electron chi connectivity index (χ3n) is 3.34. The summed E-state index contributed by atoms with van der Waals surface area (Å²) < 4.78 is 5.18. The van der Waals surface area contributed by atoms with Crippen LogP contribution in [0, 0.1) is 11.3 Å². The summed E-state index contributed by atoms with van der Waals surface area (Å²) in [7, 11) is 0. The molecule has 2 rings (SSSR count). The number of nitriles is 1. The highest BCUT2D eigenvalue weighted by molar-refractivity contribution is 7.09. The molecule has 0 radical (unpaired) electrons. The topological polar surface area (TPSA) is 87.0 Å². The number of hydrogen-bond acceptors (Lipinski definition) is 5. The molecule has 2 N–H and O–H groups in total. The molecule has 2 aromatic rings. The van der Waals surface area contributed by atoms with Gasteiger partial charge in [0, 0.05) is 11.9 Å². The fraction of sp³-hybridized carbons (Fsp3) is 0.353. The molecule has 0 saturated heterocycles. The average molecular weight is 344 g/mol. The van der Waals surface area contributed by atoms with Gasteiger partial charge in [-0.2, -0.15) is 5.26 Å². The van der Waals surface area contributed by atoms with E-state index in [0.717, 1.165) is 22.7 Å². The predicted octanol–water partition coefficient (Wildman–Crippen LogP) is 3.17. The molecule has 2 amide bonds. The fourth-order valence-corrected chi connectivity index (χ4v) is 2.85. The Morgan fingerprint density at radius 2 is 2.17 bits per heavy atom. The lowest BCUT2D eigenvalue weighted by Gasteiger charge is -2.13. The molecular weight excluding hydrogens is 324 g/mol. The van der Waals surface area contributed by atoms with Crippen molar-refractivity contribution < 1.29 is 9.53 Å². The van der Waals surface area contributed by atoms with Crippen LogP contribution in [-0.2, 0) is 13.0 Å². The minimum atomic E-state index is -0.238. The van der Waals surface area contributed by atoms with Crippen molar-refractivity contribution in [3.8, 4) is 11.8 Å². The van der Waals surface area contributed by atoms with E-state index in [2.05, 4.69) is 22.5 Å². The minimum Gasteiger partial charge on any atom is -0.479 e. The summed E-state index contributed by atoms with van der Waals surface area (Å²) in [6, 6.07) is 8.79. The van der Waals surface area contributed by atoms with Gasteiger partial charge in [-0.15, -0.1) is 11.3 Å². The van der Waals surface area contributed by atoms with Crippen LogP contribution >= 0.6 is 11.3 Å². The molecule has 0 saturated carbocycles. The highest BCUT2D eigenvalue weighted by atomic mass is 32.1. The highest BCUT2D eigenvalue weighted by Gasteiger charge is 2.12. The maximum atomic E-state index is 12.0. The Balaban J connectivity index is 1.79. The first-order valence-corrected chi connectivity index (χ1v) is 8.57. The Labute approximate surface area is 145 Å². The summed E-state index contributed by atoms with van der Waals surface area (Å²) >= 11 is 1.61. The molecule has 6 nitrogen and oxygen atoms in total. The van der Waals surface area contributed by atoms with E-state index < -0.39 is 0 Å². The van der Waals surface area contributed by atoms with E-state index in [0.29, 0.717) is 12.3 Å². The lowest BCUT2D eigenvalue weighted by molar-refractivity contribution is 0.237. The molecule has 0 aliphatic rings. The van der Waals surface area contributed by atoms with Gasteiger partial charge in [-0.25, -0.2) is 9.78 Å². The zero-order valence-corrected chi connectivity index (χ0v) is 14.5. The first-order valence-electron chi connectivity index (χ1n) is 7.69. The Morgan fingerprint density at radius 3 is 2.79 bits per heavy atom. The van der Waals surface area contributed by atoms with E-state index >= 15 is 0 Å². The van der Waals surface area contributed by atoms with Gasteiger partial charge in [0.25, 0.3) is 0 Å². The predicted molar refractivity (Wildman–Crippen MR) is 92.8 cm³/mol. The van der Waals surface area contributed by atoms with E-state index in [-0.39, 0.29) is 18.7 Å². The van der Waals surface area contributed by atoms with Gasteiger partial charge in [0.2, 0.25) is 0 Å². The maximum absolute atomic E-state index is 12.0. The van der Waals surface area contributed by atoms with Crippen molar-refractivity contribution in [2.75, 3.05) is 6.61 Å². The molecule has 0 aliphatic heterocycles. The van der Waals surface area contributed by atoms with E-state index in [1.165, 1.54) is 0 Å². The number of aromatic nitrogens is 1. The minimum absolute atomic E-state index is 0.0221. The van der Waals surface area contributed by atoms with Gasteiger partial charge in [-0.1, -0.05) is 19.1 Å². The van der Waals surface area contributed by atoms with Crippen LogP contribution in [-0.4, -0.2) is 17.6 Å². The van der Waals surface area contributed by atoms with E-state index in [9.17, 15) is 4.79 Å². The van der Waals surface area contributed by atoms with Gasteiger partial charge in [-0.3, -0.25) is 0 Å². The van der Waals surface area contributed by atoms with Gasteiger partial charge in [0.05, 0.1) is 16.7 Å². The average Bonchev–Trinajstić information content (AvgIpc) is 3.08. The highest BCUT2D eigenvalue weighted by Crippen LogP contribution is 2.17. The maximum Gasteiger partial charge on any atom is 0.315 e. The van der Waals surface area contributed by atoms with Gasteiger partial charge >= 0.3 is 6.03 Å². The first kappa shape index (κ1) is 17.8. The van der Waals surface area contributed by atoms with Crippen LogP contribution < -0.4 is 15.4 Å². The number of ether oxygens (including phenoxy) is 1. The second-order valence-corrected chi connectivity index (χ2v) is 6.10. The molecule has 1 unspecified atom stereocenters. The monoisotopic (exact) mass is 344 g/mol. The molecule has 1 aromatic heterocycles. The standard InChI is InChI=1S/C17H20N4O2S/c1-3-16-21-15(11-24-16)12(2)20-17(22)19-10-13-4-6-14(7-5-13)23-9-8-18/h4-7,11-12H,3,9-10H2,1-2H3,(H2,19,20,22). The Bertz CT molecular complexity index is 706. The number of carbonyl (C=O) groups is 1. The number of aryl methyl sites for hydroxylation is 1. The molecule has 0 fully saturated rings. The number of urea groups is 1. The molecule has 126 valence electrons. The van der Waals surface area contributed by atoms with E-state index in [1.54, 1.807) is 23.5 Å².